The maximum absolute atomic E-state index is 6.14. The van der Waals surface area contributed by atoms with E-state index in [0.29, 0.717) is 29.2 Å². The summed E-state index contributed by atoms with van der Waals surface area (Å²) < 4.78 is 5.39. The van der Waals surface area contributed by atoms with Crippen LogP contribution < -0.4 is 11.1 Å². The van der Waals surface area contributed by atoms with Gasteiger partial charge in [-0.1, -0.05) is 29.3 Å². The molecular weight excluding hydrogens is 297 g/mol. The van der Waals surface area contributed by atoms with Gasteiger partial charge in [-0.2, -0.15) is 0 Å². The van der Waals surface area contributed by atoms with Crippen LogP contribution in [0.2, 0.25) is 10.0 Å². The number of rotatable bonds is 6. The molecule has 0 aliphatic rings. The third kappa shape index (κ3) is 5.99. The number of hydrogen-bond donors (Lipinski definition) is 2. The standard InChI is InChI=1S/C14H21Cl2N3O/c1-9(2)20-7-6-18-14(17)19-10(3)12-5-4-11(15)8-13(12)16/h4-5,8-10H,6-7H2,1-3H3,(H3,17,18,19). The SMILES string of the molecule is CC(C)OCCN=C(N)NC(C)c1ccc(Cl)cc1Cl. The number of guanidine groups is 1. The molecule has 4 nitrogen and oxygen atoms in total. The fourth-order valence-electron chi connectivity index (χ4n) is 1.65. The Hall–Kier alpha value is -0.970. The molecule has 0 saturated heterocycles. The zero-order valence-corrected chi connectivity index (χ0v) is 13.5. The molecule has 3 N–H and O–H groups in total. The summed E-state index contributed by atoms with van der Waals surface area (Å²) in [5, 5.41) is 4.30. The van der Waals surface area contributed by atoms with Gasteiger partial charge in [-0.05, 0) is 38.5 Å². The summed E-state index contributed by atoms with van der Waals surface area (Å²) in [5.74, 6) is 0.371. The summed E-state index contributed by atoms with van der Waals surface area (Å²) >= 11 is 12.0. The van der Waals surface area contributed by atoms with Gasteiger partial charge >= 0.3 is 0 Å². The first-order valence-electron chi connectivity index (χ1n) is 6.53. The van der Waals surface area contributed by atoms with Crippen LogP contribution in [0.15, 0.2) is 23.2 Å². The van der Waals surface area contributed by atoms with Gasteiger partial charge in [-0.15, -0.1) is 0 Å². The molecule has 0 aliphatic heterocycles. The van der Waals surface area contributed by atoms with E-state index in [9.17, 15) is 0 Å². The van der Waals surface area contributed by atoms with E-state index >= 15 is 0 Å². The lowest BCUT2D eigenvalue weighted by Gasteiger charge is -2.16. The van der Waals surface area contributed by atoms with Crippen molar-refractivity contribution < 1.29 is 4.74 Å². The van der Waals surface area contributed by atoms with E-state index in [1.165, 1.54) is 0 Å². The Morgan fingerprint density at radius 3 is 2.65 bits per heavy atom. The summed E-state index contributed by atoms with van der Waals surface area (Å²) in [5.41, 5.74) is 6.75. The first kappa shape index (κ1) is 17.1. The molecule has 0 aliphatic carbocycles. The third-order valence-corrected chi connectivity index (χ3v) is 3.18. The fourth-order valence-corrected chi connectivity index (χ4v) is 2.22. The molecule has 0 radical (unpaired) electrons. The van der Waals surface area contributed by atoms with Crippen molar-refractivity contribution in [3.8, 4) is 0 Å². The second-order valence-corrected chi connectivity index (χ2v) is 5.56. The molecule has 0 heterocycles. The van der Waals surface area contributed by atoms with E-state index in [1.807, 2.05) is 26.8 Å². The number of ether oxygens (including phenoxy) is 1. The van der Waals surface area contributed by atoms with Crippen LogP contribution in [0, 0.1) is 0 Å². The molecule has 1 aromatic rings. The number of hydrogen-bond acceptors (Lipinski definition) is 2. The molecule has 0 bridgehead atoms. The number of benzene rings is 1. The van der Waals surface area contributed by atoms with E-state index in [-0.39, 0.29) is 12.1 Å². The van der Waals surface area contributed by atoms with Gasteiger partial charge in [0, 0.05) is 10.0 Å². The van der Waals surface area contributed by atoms with E-state index < -0.39 is 0 Å². The van der Waals surface area contributed by atoms with Crippen molar-refractivity contribution in [2.45, 2.75) is 32.9 Å². The summed E-state index contributed by atoms with van der Waals surface area (Å²) in [6.45, 7) is 7.00. The largest absolute Gasteiger partial charge is 0.377 e. The highest BCUT2D eigenvalue weighted by atomic mass is 35.5. The van der Waals surface area contributed by atoms with Gasteiger partial charge in [0.2, 0.25) is 0 Å². The number of aliphatic imine (C=N–C) groups is 1. The maximum atomic E-state index is 6.14. The molecule has 1 aromatic carbocycles. The van der Waals surface area contributed by atoms with Crippen molar-refractivity contribution in [1.29, 1.82) is 0 Å². The highest BCUT2D eigenvalue weighted by Crippen LogP contribution is 2.25. The average molecular weight is 318 g/mol. The van der Waals surface area contributed by atoms with Gasteiger partial charge in [-0.3, -0.25) is 4.99 Å². The van der Waals surface area contributed by atoms with Crippen LogP contribution in [-0.4, -0.2) is 25.2 Å². The van der Waals surface area contributed by atoms with E-state index in [2.05, 4.69) is 10.3 Å². The quantitative estimate of drug-likeness (QED) is 0.480. The van der Waals surface area contributed by atoms with Crippen molar-refractivity contribution in [3.63, 3.8) is 0 Å². The van der Waals surface area contributed by atoms with Crippen molar-refractivity contribution in [3.05, 3.63) is 33.8 Å². The van der Waals surface area contributed by atoms with E-state index in [4.69, 9.17) is 33.7 Å². The Labute approximate surface area is 130 Å². The second kappa shape index (κ2) is 8.35. The lowest BCUT2D eigenvalue weighted by Crippen LogP contribution is -2.34. The Bertz CT molecular complexity index is 464. The van der Waals surface area contributed by atoms with Crippen LogP contribution in [0.3, 0.4) is 0 Å². The zero-order chi connectivity index (χ0) is 15.1. The molecule has 1 rings (SSSR count). The number of nitrogens with two attached hydrogens (primary N) is 1. The molecule has 1 atom stereocenters. The van der Waals surface area contributed by atoms with Gasteiger partial charge < -0.3 is 15.8 Å². The van der Waals surface area contributed by atoms with E-state index in [1.54, 1.807) is 12.1 Å². The first-order valence-corrected chi connectivity index (χ1v) is 7.28. The minimum Gasteiger partial charge on any atom is -0.377 e. The molecule has 0 aromatic heterocycles. The molecular formula is C14H21Cl2N3O. The zero-order valence-electron chi connectivity index (χ0n) is 12.0. The van der Waals surface area contributed by atoms with Gasteiger partial charge in [0.1, 0.15) is 0 Å². The van der Waals surface area contributed by atoms with Gasteiger partial charge in [0.15, 0.2) is 5.96 Å². The van der Waals surface area contributed by atoms with Crippen LogP contribution in [0.5, 0.6) is 0 Å². The minimum absolute atomic E-state index is 0.0467. The normalized spacial score (nSPS) is 13.6. The highest BCUT2D eigenvalue weighted by Gasteiger charge is 2.10. The van der Waals surface area contributed by atoms with Crippen LogP contribution >= 0.6 is 23.2 Å². The highest BCUT2D eigenvalue weighted by molar-refractivity contribution is 6.35. The predicted molar refractivity (Wildman–Crippen MR) is 85.6 cm³/mol. The molecule has 0 saturated carbocycles. The summed E-state index contributed by atoms with van der Waals surface area (Å²) in [6, 6.07) is 5.33. The lowest BCUT2D eigenvalue weighted by molar-refractivity contribution is 0.0853. The molecule has 6 heteroatoms. The van der Waals surface area contributed by atoms with Gasteiger partial charge in [0.05, 0.1) is 25.3 Å². The molecule has 1 unspecified atom stereocenters. The molecule has 112 valence electrons. The van der Waals surface area contributed by atoms with Crippen LogP contribution in [0.4, 0.5) is 0 Å². The fraction of sp³-hybridized carbons (Fsp3) is 0.500. The predicted octanol–water partition coefficient (Wildman–Crippen LogP) is 3.38. The summed E-state index contributed by atoms with van der Waals surface area (Å²) in [6.07, 6.45) is 0.200. The van der Waals surface area contributed by atoms with Crippen molar-refractivity contribution in [1.82, 2.24) is 5.32 Å². The van der Waals surface area contributed by atoms with Crippen molar-refractivity contribution in [2.75, 3.05) is 13.2 Å². The van der Waals surface area contributed by atoms with E-state index in [0.717, 1.165) is 5.56 Å². The monoisotopic (exact) mass is 317 g/mol. The second-order valence-electron chi connectivity index (χ2n) is 4.72. The maximum Gasteiger partial charge on any atom is 0.189 e. The van der Waals surface area contributed by atoms with Gasteiger partial charge in [0.25, 0.3) is 0 Å². The molecule has 0 amide bonds. The van der Waals surface area contributed by atoms with Crippen LogP contribution in [0.25, 0.3) is 0 Å². The van der Waals surface area contributed by atoms with Gasteiger partial charge in [-0.25, -0.2) is 0 Å². The number of nitrogens with one attached hydrogen (secondary N) is 1. The van der Waals surface area contributed by atoms with Crippen molar-refractivity contribution in [2.24, 2.45) is 10.7 Å². The summed E-state index contributed by atoms with van der Waals surface area (Å²) in [4.78, 5) is 4.20. The van der Waals surface area contributed by atoms with Crippen LogP contribution in [0.1, 0.15) is 32.4 Å². The molecule has 0 spiro atoms. The Morgan fingerprint density at radius 1 is 1.35 bits per heavy atom. The Kier molecular flexibility index (Phi) is 7.13. The smallest absolute Gasteiger partial charge is 0.189 e. The van der Waals surface area contributed by atoms with Crippen molar-refractivity contribution >= 4 is 29.2 Å². The Morgan fingerprint density at radius 2 is 2.05 bits per heavy atom. The Balaban J connectivity index is 2.52. The molecule has 0 fully saturated rings. The molecule has 20 heavy (non-hydrogen) atoms. The lowest BCUT2D eigenvalue weighted by atomic mass is 10.1. The topological polar surface area (TPSA) is 59.6 Å². The number of halogens is 2. The third-order valence-electron chi connectivity index (χ3n) is 2.62. The number of nitrogens with zero attached hydrogens (tertiary/aromatic N) is 1. The van der Waals surface area contributed by atoms with Crippen LogP contribution in [-0.2, 0) is 4.74 Å². The minimum atomic E-state index is -0.0467. The summed E-state index contributed by atoms with van der Waals surface area (Å²) in [7, 11) is 0. The average Bonchev–Trinajstić information content (AvgIpc) is 2.34. The first-order chi connectivity index (χ1) is 9.40.